The second kappa shape index (κ2) is 11.7. The first-order valence-electron chi connectivity index (χ1n) is 13.7. The molecule has 3 aliphatic carbocycles. The molecule has 0 bridgehead atoms. The number of halogens is 1. The van der Waals surface area contributed by atoms with E-state index in [0.717, 1.165) is 54.4 Å². The van der Waals surface area contributed by atoms with Gasteiger partial charge in [0.05, 0.1) is 0 Å². The maximum Gasteiger partial charge on any atom is 0.168 e. The van der Waals surface area contributed by atoms with Crippen molar-refractivity contribution in [2.24, 2.45) is 29.6 Å². The van der Waals surface area contributed by atoms with Crippen LogP contribution in [-0.4, -0.2) is 6.61 Å². The molecule has 5 unspecified atom stereocenters. The molecule has 2 saturated carbocycles. The van der Waals surface area contributed by atoms with Gasteiger partial charge >= 0.3 is 0 Å². The zero-order valence-corrected chi connectivity index (χ0v) is 20.4. The largest absolute Gasteiger partial charge is 0.486 e. The molecule has 5 atom stereocenters. The Labute approximate surface area is 196 Å². The zero-order valence-electron chi connectivity index (χ0n) is 20.4. The van der Waals surface area contributed by atoms with E-state index in [1.165, 1.54) is 82.6 Å². The molecule has 2 heteroatoms. The summed E-state index contributed by atoms with van der Waals surface area (Å²) in [5.41, 5.74) is 2.15. The first-order valence-corrected chi connectivity index (χ1v) is 13.7. The molecule has 1 aromatic rings. The van der Waals surface area contributed by atoms with Crippen molar-refractivity contribution in [1.29, 1.82) is 0 Å². The molecule has 178 valence electrons. The Balaban J connectivity index is 1.26. The quantitative estimate of drug-likeness (QED) is 0.261. The fourth-order valence-corrected chi connectivity index (χ4v) is 7.23. The number of unbranched alkanes of at least 4 members (excludes halogenated alkanes) is 4. The fourth-order valence-electron chi connectivity index (χ4n) is 7.23. The predicted molar refractivity (Wildman–Crippen MR) is 133 cm³/mol. The van der Waals surface area contributed by atoms with E-state index in [-0.39, 0.29) is 5.82 Å². The molecule has 0 amide bonds. The van der Waals surface area contributed by atoms with Gasteiger partial charge in [-0.15, -0.1) is 0 Å². The summed E-state index contributed by atoms with van der Waals surface area (Å²) in [7, 11) is 0. The van der Waals surface area contributed by atoms with Gasteiger partial charge in [0.15, 0.2) is 11.6 Å². The van der Waals surface area contributed by atoms with Gasteiger partial charge < -0.3 is 4.74 Å². The Bertz CT molecular complexity index is 741. The molecular weight excluding hydrogens is 395 g/mol. The van der Waals surface area contributed by atoms with Gasteiger partial charge in [-0.1, -0.05) is 70.6 Å². The van der Waals surface area contributed by atoms with E-state index >= 15 is 0 Å². The van der Waals surface area contributed by atoms with Crippen molar-refractivity contribution in [3.8, 4) is 5.75 Å². The molecular formula is C30H45FO. The number of hydrogen-bond acceptors (Lipinski definition) is 1. The van der Waals surface area contributed by atoms with E-state index in [9.17, 15) is 4.39 Å². The van der Waals surface area contributed by atoms with Crippen LogP contribution in [-0.2, 0) is 12.8 Å². The summed E-state index contributed by atoms with van der Waals surface area (Å²) in [6.45, 7) is 6.33. The normalized spacial score (nSPS) is 29.8. The van der Waals surface area contributed by atoms with Crippen LogP contribution in [0.25, 0.3) is 0 Å². The molecule has 0 aromatic heterocycles. The van der Waals surface area contributed by atoms with Crippen LogP contribution in [0.3, 0.4) is 0 Å². The number of hydrogen-bond donors (Lipinski definition) is 0. The maximum atomic E-state index is 14.9. The van der Waals surface area contributed by atoms with Gasteiger partial charge in [-0.2, -0.15) is 0 Å². The lowest BCUT2D eigenvalue weighted by molar-refractivity contribution is 0.0688. The summed E-state index contributed by atoms with van der Waals surface area (Å²) < 4.78 is 20.4. The zero-order chi connectivity index (χ0) is 22.3. The molecule has 1 aromatic carbocycles. The van der Waals surface area contributed by atoms with Crippen molar-refractivity contribution >= 4 is 0 Å². The first-order chi connectivity index (χ1) is 15.7. The van der Waals surface area contributed by atoms with Gasteiger partial charge in [-0.25, -0.2) is 4.39 Å². The van der Waals surface area contributed by atoms with Crippen molar-refractivity contribution in [1.82, 2.24) is 0 Å². The van der Waals surface area contributed by atoms with E-state index < -0.39 is 0 Å². The fraction of sp³-hybridized carbons (Fsp3) is 0.733. The van der Waals surface area contributed by atoms with E-state index in [1.807, 2.05) is 6.07 Å². The Morgan fingerprint density at radius 3 is 2.50 bits per heavy atom. The predicted octanol–water partition coefficient (Wildman–Crippen LogP) is 8.69. The van der Waals surface area contributed by atoms with Gasteiger partial charge in [0, 0.05) is 0 Å². The molecule has 0 heterocycles. The van der Waals surface area contributed by atoms with E-state index in [1.54, 1.807) is 6.08 Å². The van der Waals surface area contributed by atoms with E-state index in [4.69, 9.17) is 4.74 Å². The first kappa shape index (κ1) is 23.8. The Morgan fingerprint density at radius 1 is 0.938 bits per heavy atom. The van der Waals surface area contributed by atoms with Crippen LogP contribution in [0.4, 0.5) is 4.39 Å². The molecule has 0 radical (unpaired) electrons. The topological polar surface area (TPSA) is 9.23 Å². The average Bonchev–Trinajstić information content (AvgIpc) is 2.83. The second-order valence-electron chi connectivity index (χ2n) is 11.1. The summed E-state index contributed by atoms with van der Waals surface area (Å²) in [5, 5.41) is 0. The lowest BCUT2D eigenvalue weighted by Crippen LogP contribution is -2.35. The lowest BCUT2D eigenvalue weighted by Gasteiger charge is -2.45. The van der Waals surface area contributed by atoms with Crippen molar-refractivity contribution in [2.75, 3.05) is 6.61 Å². The third-order valence-corrected chi connectivity index (χ3v) is 9.05. The van der Waals surface area contributed by atoms with Gasteiger partial charge in [0.25, 0.3) is 0 Å². The summed E-state index contributed by atoms with van der Waals surface area (Å²) in [6, 6.07) is 3.96. The van der Waals surface area contributed by atoms with Crippen LogP contribution in [0.1, 0.15) is 102 Å². The Morgan fingerprint density at radius 2 is 1.69 bits per heavy atom. The van der Waals surface area contributed by atoms with Gasteiger partial charge in [0.1, 0.15) is 6.61 Å². The Kier molecular flexibility index (Phi) is 8.72. The highest BCUT2D eigenvalue weighted by Gasteiger charge is 2.38. The second-order valence-corrected chi connectivity index (χ2v) is 11.1. The Hall–Kier alpha value is -1.31. The van der Waals surface area contributed by atoms with Crippen LogP contribution in [0.2, 0.25) is 0 Å². The van der Waals surface area contributed by atoms with E-state index in [2.05, 4.69) is 19.6 Å². The van der Waals surface area contributed by atoms with Crippen LogP contribution in [0.15, 0.2) is 24.8 Å². The van der Waals surface area contributed by atoms with Crippen LogP contribution in [0, 0.1) is 35.4 Å². The molecule has 3 aliphatic rings. The molecule has 0 N–H and O–H groups in total. The van der Waals surface area contributed by atoms with Crippen LogP contribution >= 0.6 is 0 Å². The van der Waals surface area contributed by atoms with Crippen LogP contribution < -0.4 is 4.74 Å². The third-order valence-electron chi connectivity index (χ3n) is 9.05. The van der Waals surface area contributed by atoms with Crippen molar-refractivity contribution in [3.63, 3.8) is 0 Å². The monoisotopic (exact) mass is 440 g/mol. The third kappa shape index (κ3) is 5.78. The molecule has 0 spiro atoms. The standard InChI is InChI=1S/C30H45FO/c1-3-5-6-7-8-9-22-10-11-24-20-25(13-12-23(24)19-22)26-14-16-28-27(21-26)15-17-29(30(28)31)32-18-4-2/h4,15,17,22-26H,2-3,5-14,16,18-21H2,1H3. The molecule has 0 saturated heterocycles. The number of fused-ring (bicyclic) bond motifs is 2. The number of rotatable bonds is 10. The smallest absolute Gasteiger partial charge is 0.168 e. The van der Waals surface area contributed by atoms with Crippen molar-refractivity contribution < 1.29 is 9.13 Å². The highest BCUT2D eigenvalue weighted by molar-refractivity contribution is 5.39. The van der Waals surface area contributed by atoms with Crippen molar-refractivity contribution in [3.05, 3.63) is 41.7 Å². The maximum absolute atomic E-state index is 14.9. The van der Waals surface area contributed by atoms with Crippen LogP contribution in [0.5, 0.6) is 5.75 Å². The number of benzene rings is 1. The van der Waals surface area contributed by atoms with Gasteiger partial charge in [-0.3, -0.25) is 0 Å². The average molecular weight is 441 g/mol. The SMILES string of the molecule is C=CCOc1ccc2c(c1F)CCC(C1CCC3CC(CCCCCCC)CCC3C1)C2. The van der Waals surface area contributed by atoms with Gasteiger partial charge in [-0.05, 0) is 98.1 Å². The lowest BCUT2D eigenvalue weighted by atomic mass is 9.61. The highest BCUT2D eigenvalue weighted by atomic mass is 19.1. The molecule has 2 fully saturated rings. The minimum absolute atomic E-state index is 0.125. The summed E-state index contributed by atoms with van der Waals surface area (Å²) >= 11 is 0. The highest BCUT2D eigenvalue weighted by Crippen LogP contribution is 2.49. The summed E-state index contributed by atoms with van der Waals surface area (Å²) in [5.74, 6) is 4.85. The molecule has 32 heavy (non-hydrogen) atoms. The summed E-state index contributed by atoms with van der Waals surface area (Å²) in [6.07, 6.45) is 22.1. The summed E-state index contributed by atoms with van der Waals surface area (Å²) in [4.78, 5) is 0. The molecule has 4 rings (SSSR count). The molecule has 1 nitrogen and oxygen atoms in total. The minimum Gasteiger partial charge on any atom is -0.486 e. The minimum atomic E-state index is -0.125. The molecule has 0 aliphatic heterocycles. The van der Waals surface area contributed by atoms with Crippen molar-refractivity contribution in [2.45, 2.75) is 103 Å². The van der Waals surface area contributed by atoms with Gasteiger partial charge in [0.2, 0.25) is 0 Å². The van der Waals surface area contributed by atoms with E-state index in [0.29, 0.717) is 12.4 Å². The number of ether oxygens (including phenoxy) is 1.